The number of halogens is 1. The average Bonchev–Trinajstić information content (AvgIpc) is 2.61. The van der Waals surface area contributed by atoms with E-state index in [1.54, 1.807) is 0 Å². The minimum Gasteiger partial charge on any atom is -0.327 e. The second kappa shape index (κ2) is 4.16. The van der Waals surface area contributed by atoms with E-state index in [9.17, 15) is 0 Å². The summed E-state index contributed by atoms with van der Waals surface area (Å²) in [6.45, 7) is 0.585. The van der Waals surface area contributed by atoms with Gasteiger partial charge < -0.3 is 5.73 Å². The van der Waals surface area contributed by atoms with Gasteiger partial charge in [0.1, 0.15) is 0 Å². The highest BCUT2D eigenvalue weighted by molar-refractivity contribution is 6.30. The van der Waals surface area contributed by atoms with Gasteiger partial charge in [0, 0.05) is 11.6 Å². The molecule has 0 fully saturated rings. The molecule has 1 aliphatic carbocycles. The summed E-state index contributed by atoms with van der Waals surface area (Å²) in [6, 6.07) is 4.11. The third-order valence-corrected chi connectivity index (χ3v) is 2.87. The summed E-state index contributed by atoms with van der Waals surface area (Å²) < 4.78 is 0. The van der Waals surface area contributed by atoms with Crippen LogP contribution in [0.3, 0.4) is 0 Å². The maximum Gasteiger partial charge on any atom is 0.0414 e. The second-order valence-electron chi connectivity index (χ2n) is 3.62. The molecule has 0 saturated heterocycles. The molecular formula is C12H14ClN. The van der Waals surface area contributed by atoms with Crippen LogP contribution in [0.5, 0.6) is 0 Å². The molecule has 0 aromatic heterocycles. The number of aryl methyl sites for hydroxylation is 1. The van der Waals surface area contributed by atoms with Gasteiger partial charge in [-0.15, -0.1) is 0 Å². The Morgan fingerprint density at radius 3 is 3.00 bits per heavy atom. The van der Waals surface area contributed by atoms with Gasteiger partial charge in [-0.05, 0) is 48.1 Å². The molecule has 1 aromatic carbocycles. The fraction of sp³-hybridized carbons (Fsp3) is 0.333. The molecule has 74 valence electrons. The molecule has 0 spiro atoms. The first kappa shape index (κ1) is 9.75. The Morgan fingerprint density at radius 1 is 1.36 bits per heavy atom. The van der Waals surface area contributed by atoms with E-state index in [1.807, 2.05) is 12.1 Å². The van der Waals surface area contributed by atoms with Gasteiger partial charge in [0.25, 0.3) is 0 Å². The van der Waals surface area contributed by atoms with Crippen LogP contribution in [-0.4, -0.2) is 6.54 Å². The summed E-state index contributed by atoms with van der Waals surface area (Å²) in [5, 5.41) is 0.835. The normalized spacial score (nSPS) is 15.0. The predicted molar refractivity (Wildman–Crippen MR) is 61.6 cm³/mol. The molecule has 0 bridgehead atoms. The van der Waals surface area contributed by atoms with E-state index in [0.29, 0.717) is 6.54 Å². The number of nitrogens with two attached hydrogens (primary N) is 1. The van der Waals surface area contributed by atoms with E-state index < -0.39 is 0 Å². The van der Waals surface area contributed by atoms with Crippen LogP contribution in [0.15, 0.2) is 18.2 Å². The summed E-state index contributed by atoms with van der Waals surface area (Å²) >= 11 is 6.04. The molecule has 0 aliphatic heterocycles. The fourth-order valence-electron chi connectivity index (χ4n) is 2.04. The predicted octanol–water partition coefficient (Wildman–Crippen LogP) is 2.80. The maximum absolute atomic E-state index is 6.04. The number of hydrogen-bond donors (Lipinski definition) is 1. The third-order valence-electron chi connectivity index (χ3n) is 2.65. The number of fused-ring (bicyclic) bond motifs is 1. The first-order chi connectivity index (χ1) is 6.81. The van der Waals surface area contributed by atoms with Crippen molar-refractivity contribution in [1.82, 2.24) is 0 Å². The number of rotatable bonds is 2. The van der Waals surface area contributed by atoms with E-state index in [2.05, 4.69) is 12.1 Å². The van der Waals surface area contributed by atoms with Crippen LogP contribution in [0.4, 0.5) is 0 Å². The summed E-state index contributed by atoms with van der Waals surface area (Å²) in [4.78, 5) is 0. The SMILES string of the molecule is NC/C=C/c1cc(Cl)cc2c1CCC2. The summed E-state index contributed by atoms with van der Waals surface area (Å²) in [6.07, 6.45) is 7.65. The Hall–Kier alpha value is -0.790. The lowest BCUT2D eigenvalue weighted by Crippen LogP contribution is -1.93. The topological polar surface area (TPSA) is 26.0 Å². The van der Waals surface area contributed by atoms with Crippen molar-refractivity contribution < 1.29 is 0 Å². The van der Waals surface area contributed by atoms with Crippen LogP contribution >= 0.6 is 11.6 Å². The highest BCUT2D eigenvalue weighted by atomic mass is 35.5. The smallest absolute Gasteiger partial charge is 0.0414 e. The van der Waals surface area contributed by atoms with Gasteiger partial charge in [0.15, 0.2) is 0 Å². The monoisotopic (exact) mass is 207 g/mol. The van der Waals surface area contributed by atoms with E-state index in [0.717, 1.165) is 5.02 Å². The standard InChI is InChI=1S/C12H14ClN/c13-11-7-9-3-1-5-12(9)10(8-11)4-2-6-14/h2,4,7-8H,1,3,5-6,14H2/b4-2+. The Morgan fingerprint density at radius 2 is 2.21 bits per heavy atom. The molecule has 2 heteroatoms. The van der Waals surface area contributed by atoms with Gasteiger partial charge in [-0.25, -0.2) is 0 Å². The Bertz CT molecular complexity index is 369. The van der Waals surface area contributed by atoms with Crippen molar-refractivity contribution in [3.8, 4) is 0 Å². The third kappa shape index (κ3) is 1.84. The van der Waals surface area contributed by atoms with Crippen molar-refractivity contribution in [3.63, 3.8) is 0 Å². The van der Waals surface area contributed by atoms with E-state index >= 15 is 0 Å². The highest BCUT2D eigenvalue weighted by Gasteiger charge is 2.14. The summed E-state index contributed by atoms with van der Waals surface area (Å²) in [7, 11) is 0. The van der Waals surface area contributed by atoms with Gasteiger partial charge in [0.2, 0.25) is 0 Å². The van der Waals surface area contributed by atoms with E-state index in [-0.39, 0.29) is 0 Å². The second-order valence-corrected chi connectivity index (χ2v) is 4.06. The zero-order valence-electron chi connectivity index (χ0n) is 8.09. The van der Waals surface area contributed by atoms with Gasteiger partial charge in [-0.2, -0.15) is 0 Å². The van der Waals surface area contributed by atoms with Crippen LogP contribution in [0, 0.1) is 0 Å². The molecule has 0 amide bonds. The Kier molecular flexibility index (Phi) is 2.90. The average molecular weight is 208 g/mol. The van der Waals surface area contributed by atoms with Gasteiger partial charge in [-0.1, -0.05) is 23.8 Å². The lowest BCUT2D eigenvalue weighted by molar-refractivity contribution is 0.911. The van der Waals surface area contributed by atoms with Crippen molar-refractivity contribution in [3.05, 3.63) is 39.9 Å². The van der Waals surface area contributed by atoms with Crippen LogP contribution < -0.4 is 5.73 Å². The first-order valence-electron chi connectivity index (χ1n) is 4.99. The molecule has 0 radical (unpaired) electrons. The van der Waals surface area contributed by atoms with Gasteiger partial charge in [0.05, 0.1) is 0 Å². The Labute approximate surface area is 89.6 Å². The zero-order chi connectivity index (χ0) is 9.97. The molecule has 1 aromatic rings. The Balaban J connectivity index is 2.43. The van der Waals surface area contributed by atoms with Crippen molar-refractivity contribution in [2.45, 2.75) is 19.3 Å². The quantitative estimate of drug-likeness (QED) is 0.793. The molecular weight excluding hydrogens is 194 g/mol. The van der Waals surface area contributed by atoms with Crippen molar-refractivity contribution in [2.75, 3.05) is 6.54 Å². The van der Waals surface area contributed by atoms with Crippen LogP contribution in [0.2, 0.25) is 5.02 Å². The lowest BCUT2D eigenvalue weighted by Gasteiger charge is -2.05. The molecule has 2 N–H and O–H groups in total. The molecule has 1 aliphatic rings. The zero-order valence-corrected chi connectivity index (χ0v) is 8.85. The van der Waals surface area contributed by atoms with Crippen LogP contribution in [0.1, 0.15) is 23.1 Å². The van der Waals surface area contributed by atoms with E-state index in [4.69, 9.17) is 17.3 Å². The first-order valence-corrected chi connectivity index (χ1v) is 5.37. The molecule has 0 saturated carbocycles. The van der Waals surface area contributed by atoms with E-state index in [1.165, 1.54) is 36.0 Å². The largest absolute Gasteiger partial charge is 0.327 e. The minimum atomic E-state index is 0.585. The number of hydrogen-bond acceptors (Lipinski definition) is 1. The molecule has 0 heterocycles. The molecule has 1 nitrogen and oxygen atoms in total. The van der Waals surface area contributed by atoms with Crippen molar-refractivity contribution in [1.29, 1.82) is 0 Å². The van der Waals surface area contributed by atoms with Gasteiger partial charge >= 0.3 is 0 Å². The minimum absolute atomic E-state index is 0.585. The molecule has 2 rings (SSSR count). The van der Waals surface area contributed by atoms with Crippen LogP contribution in [0.25, 0.3) is 6.08 Å². The van der Waals surface area contributed by atoms with Crippen LogP contribution in [-0.2, 0) is 12.8 Å². The van der Waals surface area contributed by atoms with Gasteiger partial charge in [-0.3, -0.25) is 0 Å². The van der Waals surface area contributed by atoms with Crippen molar-refractivity contribution >= 4 is 17.7 Å². The lowest BCUT2D eigenvalue weighted by atomic mass is 10.0. The summed E-state index contributed by atoms with van der Waals surface area (Å²) in [5.74, 6) is 0. The van der Waals surface area contributed by atoms with Crippen molar-refractivity contribution in [2.24, 2.45) is 5.73 Å². The molecule has 0 atom stereocenters. The molecule has 0 unspecified atom stereocenters. The molecule has 14 heavy (non-hydrogen) atoms. The fourth-order valence-corrected chi connectivity index (χ4v) is 2.29. The highest BCUT2D eigenvalue weighted by Crippen LogP contribution is 2.29. The number of benzene rings is 1. The maximum atomic E-state index is 6.04. The summed E-state index contributed by atoms with van der Waals surface area (Å²) in [5.41, 5.74) is 9.55.